The van der Waals surface area contributed by atoms with Crippen molar-refractivity contribution in [3.8, 4) is 5.75 Å². The highest BCUT2D eigenvalue weighted by Gasteiger charge is 2.10. The molecule has 1 rings (SSSR count). The van der Waals surface area contributed by atoms with E-state index in [1.165, 1.54) is 11.8 Å². The second-order valence-electron chi connectivity index (χ2n) is 4.22. The van der Waals surface area contributed by atoms with Crippen molar-refractivity contribution in [2.45, 2.75) is 25.7 Å². The number of hydrogen-bond donors (Lipinski definition) is 0. The summed E-state index contributed by atoms with van der Waals surface area (Å²) in [6.45, 7) is 8.81. The quantitative estimate of drug-likeness (QED) is 0.361. The minimum Gasteiger partial charge on any atom is -0.423 e. The summed E-state index contributed by atoms with van der Waals surface area (Å²) in [6.07, 6.45) is 0. The fraction of sp³-hybridized carbons (Fsp3) is 0.286. The molecule has 3 nitrogen and oxygen atoms in total. The molecule has 0 aliphatic carbocycles. The summed E-state index contributed by atoms with van der Waals surface area (Å²) in [7, 11) is 0. The van der Waals surface area contributed by atoms with Crippen LogP contribution < -0.4 is 4.74 Å². The Hall–Kier alpha value is -1.55. The van der Waals surface area contributed by atoms with Crippen molar-refractivity contribution in [2.75, 3.05) is 0 Å². The molecule has 4 heteroatoms. The Bertz CT molecular complexity index is 460. The number of carbonyl (C=O) groups is 2. The molecule has 0 saturated heterocycles. The van der Waals surface area contributed by atoms with Gasteiger partial charge in [-0.05, 0) is 31.2 Å². The molecule has 0 bridgehead atoms. The van der Waals surface area contributed by atoms with Crippen LogP contribution in [0.5, 0.6) is 5.75 Å². The predicted octanol–water partition coefficient (Wildman–Crippen LogP) is 3.44. The molecular formula is C14H16O3S. The number of esters is 1. The van der Waals surface area contributed by atoms with Gasteiger partial charge in [-0.25, -0.2) is 4.79 Å². The molecule has 0 saturated carbocycles. The van der Waals surface area contributed by atoms with Gasteiger partial charge in [-0.3, -0.25) is 4.79 Å². The second-order valence-corrected chi connectivity index (χ2v) is 5.29. The van der Waals surface area contributed by atoms with Crippen LogP contribution in [0.2, 0.25) is 0 Å². The lowest BCUT2D eigenvalue weighted by Gasteiger charge is -2.06. The van der Waals surface area contributed by atoms with Gasteiger partial charge in [0.05, 0.1) is 0 Å². The van der Waals surface area contributed by atoms with Gasteiger partial charge in [0, 0.05) is 16.4 Å². The summed E-state index contributed by atoms with van der Waals surface area (Å²) >= 11 is 1.19. The van der Waals surface area contributed by atoms with Crippen LogP contribution >= 0.6 is 11.8 Å². The highest BCUT2D eigenvalue weighted by Crippen LogP contribution is 2.24. The van der Waals surface area contributed by atoms with E-state index in [1.54, 1.807) is 31.2 Å². The Morgan fingerprint density at radius 2 is 1.78 bits per heavy atom. The molecule has 0 N–H and O–H groups in total. The molecule has 0 aliphatic rings. The van der Waals surface area contributed by atoms with Crippen LogP contribution in [0.15, 0.2) is 41.3 Å². The molecule has 0 aromatic heterocycles. The molecule has 0 amide bonds. The Morgan fingerprint density at radius 1 is 1.22 bits per heavy atom. The van der Waals surface area contributed by atoms with Crippen LogP contribution in [0, 0.1) is 5.92 Å². The highest BCUT2D eigenvalue weighted by atomic mass is 32.2. The van der Waals surface area contributed by atoms with Gasteiger partial charge in [0.2, 0.25) is 0 Å². The van der Waals surface area contributed by atoms with Gasteiger partial charge in [0.25, 0.3) is 0 Å². The first-order valence-corrected chi connectivity index (χ1v) is 6.41. The summed E-state index contributed by atoms with van der Waals surface area (Å²) in [5, 5.41) is 0.113. The smallest absolute Gasteiger partial charge is 0.338 e. The Morgan fingerprint density at radius 3 is 2.22 bits per heavy atom. The van der Waals surface area contributed by atoms with Crippen molar-refractivity contribution < 1.29 is 14.3 Å². The zero-order valence-corrected chi connectivity index (χ0v) is 11.5. The molecule has 1 aromatic carbocycles. The topological polar surface area (TPSA) is 43.4 Å². The first-order valence-electron chi connectivity index (χ1n) is 5.59. The van der Waals surface area contributed by atoms with Crippen molar-refractivity contribution in [3.05, 3.63) is 36.4 Å². The second kappa shape index (κ2) is 6.40. The fourth-order valence-electron chi connectivity index (χ4n) is 1.00. The van der Waals surface area contributed by atoms with Gasteiger partial charge in [0.1, 0.15) is 5.75 Å². The third-order valence-corrected chi connectivity index (χ3v) is 3.25. The summed E-state index contributed by atoms with van der Waals surface area (Å²) in [5.74, 6) is -0.00562. The van der Waals surface area contributed by atoms with E-state index in [0.717, 1.165) is 4.90 Å². The van der Waals surface area contributed by atoms with Crippen molar-refractivity contribution in [3.63, 3.8) is 0 Å². The van der Waals surface area contributed by atoms with Gasteiger partial charge in [0.15, 0.2) is 5.12 Å². The minimum atomic E-state index is -0.450. The van der Waals surface area contributed by atoms with Crippen LogP contribution in [-0.4, -0.2) is 11.1 Å². The minimum absolute atomic E-state index is 0.00378. The molecule has 96 valence electrons. The molecule has 0 heterocycles. The molecule has 0 spiro atoms. The molecule has 0 unspecified atom stereocenters. The summed E-state index contributed by atoms with van der Waals surface area (Å²) in [5.41, 5.74) is 0.350. The van der Waals surface area contributed by atoms with Crippen LogP contribution in [-0.2, 0) is 9.59 Å². The van der Waals surface area contributed by atoms with E-state index in [-0.39, 0.29) is 11.0 Å². The maximum absolute atomic E-state index is 11.5. The Labute approximate surface area is 111 Å². The summed E-state index contributed by atoms with van der Waals surface area (Å²) in [6, 6.07) is 6.84. The third kappa shape index (κ3) is 4.37. The average molecular weight is 264 g/mol. The lowest BCUT2D eigenvalue weighted by molar-refractivity contribution is -0.130. The van der Waals surface area contributed by atoms with Crippen molar-refractivity contribution in [1.82, 2.24) is 0 Å². The lowest BCUT2D eigenvalue weighted by Crippen LogP contribution is -2.08. The van der Waals surface area contributed by atoms with Crippen molar-refractivity contribution >= 4 is 22.8 Å². The van der Waals surface area contributed by atoms with Gasteiger partial charge in [-0.2, -0.15) is 0 Å². The van der Waals surface area contributed by atoms with E-state index < -0.39 is 5.97 Å². The van der Waals surface area contributed by atoms with Gasteiger partial charge < -0.3 is 4.74 Å². The van der Waals surface area contributed by atoms with Crippen LogP contribution in [0.1, 0.15) is 20.8 Å². The highest BCUT2D eigenvalue weighted by molar-refractivity contribution is 8.13. The van der Waals surface area contributed by atoms with Crippen molar-refractivity contribution in [1.29, 1.82) is 0 Å². The molecule has 0 fully saturated rings. The molecule has 0 radical (unpaired) electrons. The third-order valence-electron chi connectivity index (χ3n) is 2.07. The van der Waals surface area contributed by atoms with E-state index in [1.807, 2.05) is 13.8 Å². The van der Waals surface area contributed by atoms with E-state index in [0.29, 0.717) is 11.3 Å². The SMILES string of the molecule is C=C(C)C(=O)Oc1ccc(SC(=O)C(C)C)cc1. The van der Waals surface area contributed by atoms with E-state index in [9.17, 15) is 9.59 Å². The van der Waals surface area contributed by atoms with Crippen LogP contribution in [0.4, 0.5) is 0 Å². The van der Waals surface area contributed by atoms with Crippen LogP contribution in [0.3, 0.4) is 0 Å². The normalized spacial score (nSPS) is 10.2. The maximum atomic E-state index is 11.5. The van der Waals surface area contributed by atoms with Crippen LogP contribution in [0.25, 0.3) is 0 Å². The summed E-state index contributed by atoms with van der Waals surface area (Å²) < 4.78 is 5.05. The van der Waals surface area contributed by atoms with E-state index in [4.69, 9.17) is 4.74 Å². The van der Waals surface area contributed by atoms with Gasteiger partial charge >= 0.3 is 5.97 Å². The van der Waals surface area contributed by atoms with Gasteiger partial charge in [-0.1, -0.05) is 32.2 Å². The lowest BCUT2D eigenvalue weighted by atomic mass is 10.3. The standard InChI is InChI=1S/C14H16O3S/c1-9(2)13(15)17-11-5-7-12(8-6-11)18-14(16)10(3)4/h5-8,10H,1H2,2-4H3. The monoisotopic (exact) mass is 264 g/mol. The molecule has 0 aliphatic heterocycles. The summed E-state index contributed by atoms with van der Waals surface area (Å²) in [4.78, 5) is 23.7. The molecule has 0 atom stereocenters. The predicted molar refractivity (Wildman–Crippen MR) is 72.6 cm³/mol. The maximum Gasteiger partial charge on any atom is 0.338 e. The number of hydrogen-bond acceptors (Lipinski definition) is 4. The first-order chi connectivity index (χ1) is 8.40. The average Bonchev–Trinajstić information content (AvgIpc) is 2.31. The molecular weight excluding hydrogens is 248 g/mol. The Balaban J connectivity index is 2.66. The molecule has 1 aromatic rings. The van der Waals surface area contributed by atoms with E-state index in [2.05, 4.69) is 6.58 Å². The zero-order valence-electron chi connectivity index (χ0n) is 10.7. The largest absolute Gasteiger partial charge is 0.423 e. The zero-order chi connectivity index (χ0) is 13.7. The van der Waals surface area contributed by atoms with E-state index >= 15 is 0 Å². The number of ether oxygens (including phenoxy) is 1. The number of carbonyl (C=O) groups excluding carboxylic acids is 2. The number of rotatable bonds is 4. The fourth-order valence-corrected chi connectivity index (χ4v) is 1.74. The number of benzene rings is 1. The first kappa shape index (κ1) is 14.5. The van der Waals surface area contributed by atoms with Crippen molar-refractivity contribution in [2.24, 2.45) is 5.92 Å². The van der Waals surface area contributed by atoms with Gasteiger partial charge in [-0.15, -0.1) is 0 Å². The Kier molecular flexibility index (Phi) is 5.16. The molecule has 18 heavy (non-hydrogen) atoms. The number of thioether (sulfide) groups is 1.